The molecule has 1 aromatic carbocycles. The summed E-state index contributed by atoms with van der Waals surface area (Å²) in [6.45, 7) is 13.3. The van der Waals surface area contributed by atoms with Gasteiger partial charge in [-0.15, -0.1) is 0 Å². The van der Waals surface area contributed by atoms with Crippen LogP contribution in [0.15, 0.2) is 42.2 Å². The zero-order chi connectivity index (χ0) is 15.7. The highest BCUT2D eigenvalue weighted by atomic mass is 28.4. The molecule has 0 saturated heterocycles. The van der Waals surface area contributed by atoms with Crippen LogP contribution in [-0.4, -0.2) is 13.3 Å². The maximum Gasteiger partial charge on any atom is 0.250 e. The summed E-state index contributed by atoms with van der Waals surface area (Å²) in [5, 5.41) is 1.37. The molecule has 1 aromatic heterocycles. The Kier molecular flexibility index (Phi) is 4.24. The lowest BCUT2D eigenvalue weighted by Gasteiger charge is -2.36. The minimum atomic E-state index is -1.77. The number of hydrogen-bond donors (Lipinski definition) is 0. The molecule has 0 aliphatic rings. The van der Waals surface area contributed by atoms with Crippen molar-refractivity contribution in [2.24, 2.45) is 0 Å². The summed E-state index contributed by atoms with van der Waals surface area (Å²) in [6.07, 6.45) is 2.03. The fourth-order valence-corrected chi connectivity index (χ4v) is 3.13. The molecular formula is C18H25NOSi. The number of benzene rings is 1. The van der Waals surface area contributed by atoms with Crippen molar-refractivity contribution in [3.05, 3.63) is 47.9 Å². The molecule has 0 radical (unpaired) electrons. The van der Waals surface area contributed by atoms with Crippen LogP contribution in [-0.2, 0) is 4.43 Å². The Balaban J connectivity index is 2.25. The Bertz CT molecular complexity index is 668. The number of allylic oxidation sites excluding steroid dienone is 1. The number of nitrogens with zero attached hydrogens (tertiary/aromatic N) is 1. The highest BCUT2D eigenvalue weighted by molar-refractivity contribution is 6.74. The number of fused-ring (bicyclic) bond motifs is 1. The molecule has 0 bridgehead atoms. The van der Waals surface area contributed by atoms with Crippen LogP contribution < -0.4 is 0 Å². The lowest BCUT2D eigenvalue weighted by Crippen LogP contribution is -2.40. The quantitative estimate of drug-likeness (QED) is 0.542. The van der Waals surface area contributed by atoms with Gasteiger partial charge in [-0.05, 0) is 43.3 Å². The van der Waals surface area contributed by atoms with Crippen LogP contribution in [0.3, 0.4) is 0 Å². The SMILES string of the molecule is C/C(=C/c1ccc2ccccc2n1)O[Si](C)(C)C(C)(C)C. The molecule has 0 fully saturated rings. The van der Waals surface area contributed by atoms with E-state index in [0.29, 0.717) is 0 Å². The first-order chi connectivity index (χ1) is 9.69. The van der Waals surface area contributed by atoms with Gasteiger partial charge in [-0.2, -0.15) is 0 Å². The summed E-state index contributed by atoms with van der Waals surface area (Å²) >= 11 is 0. The third-order valence-corrected chi connectivity index (χ3v) is 8.64. The highest BCUT2D eigenvalue weighted by Gasteiger charge is 2.38. The summed E-state index contributed by atoms with van der Waals surface area (Å²) < 4.78 is 6.28. The molecule has 112 valence electrons. The van der Waals surface area contributed by atoms with Crippen molar-refractivity contribution in [3.63, 3.8) is 0 Å². The van der Waals surface area contributed by atoms with E-state index in [4.69, 9.17) is 4.43 Å². The second-order valence-corrected chi connectivity index (χ2v) is 11.8. The largest absolute Gasteiger partial charge is 0.547 e. The van der Waals surface area contributed by atoms with Gasteiger partial charge in [0.1, 0.15) is 0 Å². The number of aromatic nitrogens is 1. The van der Waals surface area contributed by atoms with E-state index in [0.717, 1.165) is 22.4 Å². The van der Waals surface area contributed by atoms with Crippen LogP contribution >= 0.6 is 0 Å². The van der Waals surface area contributed by atoms with Crippen LogP contribution in [0, 0.1) is 0 Å². The molecule has 0 saturated carbocycles. The summed E-state index contributed by atoms with van der Waals surface area (Å²) in [6, 6.07) is 12.3. The summed E-state index contributed by atoms with van der Waals surface area (Å²) in [5.74, 6) is 0.948. The van der Waals surface area contributed by atoms with Gasteiger partial charge in [0.05, 0.1) is 17.0 Å². The normalized spacial score (nSPS) is 13.5. The van der Waals surface area contributed by atoms with E-state index in [1.165, 1.54) is 0 Å². The molecule has 0 amide bonds. The van der Waals surface area contributed by atoms with Gasteiger partial charge in [0.25, 0.3) is 0 Å². The van der Waals surface area contributed by atoms with Crippen molar-refractivity contribution in [2.75, 3.05) is 0 Å². The predicted octanol–water partition coefficient (Wildman–Crippen LogP) is 5.62. The number of pyridine rings is 1. The monoisotopic (exact) mass is 299 g/mol. The topological polar surface area (TPSA) is 22.1 Å². The van der Waals surface area contributed by atoms with Crippen molar-refractivity contribution in [3.8, 4) is 0 Å². The van der Waals surface area contributed by atoms with E-state index in [9.17, 15) is 0 Å². The smallest absolute Gasteiger partial charge is 0.250 e. The van der Waals surface area contributed by atoms with Gasteiger partial charge in [-0.1, -0.05) is 45.0 Å². The first-order valence-electron chi connectivity index (χ1n) is 7.42. The van der Waals surface area contributed by atoms with E-state index in [1.807, 2.05) is 37.3 Å². The zero-order valence-electron chi connectivity index (χ0n) is 13.9. The molecule has 21 heavy (non-hydrogen) atoms. The molecule has 2 aromatic rings. The van der Waals surface area contributed by atoms with Gasteiger partial charge in [-0.3, -0.25) is 0 Å². The fourth-order valence-electron chi connectivity index (χ4n) is 1.96. The van der Waals surface area contributed by atoms with Crippen LogP contribution in [0.2, 0.25) is 18.1 Å². The molecule has 2 rings (SSSR count). The molecular weight excluding hydrogens is 274 g/mol. The van der Waals surface area contributed by atoms with Crippen molar-refractivity contribution < 1.29 is 4.43 Å². The Hall–Kier alpha value is -1.61. The standard InChI is InChI=1S/C18H25NOSi/c1-14(20-21(5,6)18(2,3)4)13-16-12-11-15-9-7-8-10-17(15)19-16/h7-13H,1-6H3/b14-13-. The molecule has 2 nitrogen and oxygen atoms in total. The van der Waals surface area contributed by atoms with Gasteiger partial charge in [0, 0.05) is 5.39 Å². The van der Waals surface area contributed by atoms with Crippen LogP contribution in [0.4, 0.5) is 0 Å². The molecule has 1 heterocycles. The zero-order valence-corrected chi connectivity index (χ0v) is 14.9. The number of rotatable bonds is 3. The summed E-state index contributed by atoms with van der Waals surface area (Å²) in [4.78, 5) is 4.67. The molecule has 3 heteroatoms. The molecule has 0 N–H and O–H groups in total. The van der Waals surface area contributed by atoms with E-state index in [1.54, 1.807) is 0 Å². The van der Waals surface area contributed by atoms with E-state index in [2.05, 4.69) is 51.0 Å². The van der Waals surface area contributed by atoms with Gasteiger partial charge in [-0.25, -0.2) is 4.98 Å². The highest BCUT2D eigenvalue weighted by Crippen LogP contribution is 2.38. The lowest BCUT2D eigenvalue weighted by atomic mass is 10.2. The molecule has 0 unspecified atom stereocenters. The lowest BCUT2D eigenvalue weighted by molar-refractivity contribution is 0.390. The second-order valence-electron chi connectivity index (χ2n) is 7.05. The Labute approximate surface area is 129 Å². The summed E-state index contributed by atoms with van der Waals surface area (Å²) in [5.41, 5.74) is 1.97. The van der Waals surface area contributed by atoms with Gasteiger partial charge in [0.15, 0.2) is 0 Å². The van der Waals surface area contributed by atoms with Crippen molar-refractivity contribution in [2.45, 2.75) is 45.8 Å². The van der Waals surface area contributed by atoms with Crippen LogP contribution in [0.5, 0.6) is 0 Å². The third-order valence-electron chi connectivity index (χ3n) is 4.19. The first kappa shape index (κ1) is 15.8. The van der Waals surface area contributed by atoms with Crippen molar-refractivity contribution >= 4 is 25.3 Å². The van der Waals surface area contributed by atoms with Crippen molar-refractivity contribution in [1.29, 1.82) is 0 Å². The average molecular weight is 299 g/mol. The third kappa shape index (κ3) is 3.73. The second kappa shape index (κ2) is 5.64. The molecule has 0 aliphatic carbocycles. The van der Waals surface area contributed by atoms with Crippen molar-refractivity contribution in [1.82, 2.24) is 4.98 Å². The number of hydrogen-bond acceptors (Lipinski definition) is 2. The van der Waals surface area contributed by atoms with Crippen LogP contribution in [0.25, 0.3) is 17.0 Å². The minimum absolute atomic E-state index is 0.207. The fraction of sp³-hybridized carbons (Fsp3) is 0.389. The number of para-hydroxylation sites is 1. The first-order valence-corrected chi connectivity index (χ1v) is 10.3. The molecule has 0 spiro atoms. The van der Waals surface area contributed by atoms with Gasteiger partial charge < -0.3 is 4.43 Å². The van der Waals surface area contributed by atoms with Crippen LogP contribution in [0.1, 0.15) is 33.4 Å². The maximum atomic E-state index is 6.28. The van der Waals surface area contributed by atoms with Gasteiger partial charge >= 0.3 is 0 Å². The van der Waals surface area contributed by atoms with Gasteiger partial charge in [0.2, 0.25) is 8.32 Å². The maximum absolute atomic E-state index is 6.28. The Morgan fingerprint density at radius 3 is 2.43 bits per heavy atom. The Morgan fingerprint density at radius 2 is 1.76 bits per heavy atom. The summed E-state index contributed by atoms with van der Waals surface area (Å²) in [7, 11) is -1.77. The molecule has 0 atom stereocenters. The molecule has 0 aliphatic heterocycles. The Morgan fingerprint density at radius 1 is 1.10 bits per heavy atom. The van der Waals surface area contributed by atoms with E-state index >= 15 is 0 Å². The predicted molar refractivity (Wildman–Crippen MR) is 93.7 cm³/mol. The van der Waals surface area contributed by atoms with E-state index in [-0.39, 0.29) is 5.04 Å². The van der Waals surface area contributed by atoms with E-state index < -0.39 is 8.32 Å². The minimum Gasteiger partial charge on any atom is -0.547 e. The average Bonchev–Trinajstić information content (AvgIpc) is 2.36.